The first-order valence-corrected chi connectivity index (χ1v) is 9.22. The van der Waals surface area contributed by atoms with Crippen LogP contribution in [0.2, 0.25) is 0 Å². The first-order valence-electron chi connectivity index (χ1n) is 8.40. The monoisotopic (exact) mass is 378 g/mol. The highest BCUT2D eigenvalue weighted by Crippen LogP contribution is 2.49. The van der Waals surface area contributed by atoms with Crippen LogP contribution in [-0.4, -0.2) is 19.3 Å². The third kappa shape index (κ3) is 3.29. The van der Waals surface area contributed by atoms with Gasteiger partial charge in [0.2, 0.25) is 0 Å². The Morgan fingerprint density at radius 2 is 1.56 bits per heavy atom. The zero-order chi connectivity index (χ0) is 18.8. The zero-order valence-electron chi connectivity index (χ0n) is 14.9. The third-order valence-corrected chi connectivity index (χ3v) is 5.43. The molecule has 0 spiro atoms. The Morgan fingerprint density at radius 1 is 0.815 bits per heavy atom. The summed E-state index contributed by atoms with van der Waals surface area (Å²) in [4.78, 5) is 0.976. The topological polar surface area (TPSA) is 47.9 Å². The number of hydrogen-bond acceptors (Lipinski definition) is 5. The fourth-order valence-electron chi connectivity index (χ4n) is 2.92. The van der Waals surface area contributed by atoms with Gasteiger partial charge in [-0.25, -0.2) is 0 Å². The minimum absolute atomic E-state index is 0.201. The quantitative estimate of drug-likeness (QED) is 0.457. The molecule has 1 heterocycles. The first kappa shape index (κ1) is 17.2. The van der Waals surface area contributed by atoms with E-state index in [-0.39, 0.29) is 5.75 Å². The Morgan fingerprint density at radius 3 is 2.30 bits per heavy atom. The molecule has 4 nitrogen and oxygen atoms in total. The predicted octanol–water partition coefficient (Wildman–Crippen LogP) is 6.08. The first-order chi connectivity index (χ1) is 13.2. The number of aromatic hydroxyl groups is 1. The Labute approximate surface area is 161 Å². The Kier molecular flexibility index (Phi) is 4.60. The minimum Gasteiger partial charge on any atom is -0.508 e. The number of benzene rings is 3. The number of phenols is 1. The van der Waals surface area contributed by atoms with Crippen molar-refractivity contribution in [3.8, 4) is 39.2 Å². The van der Waals surface area contributed by atoms with E-state index in [0.717, 1.165) is 37.8 Å². The van der Waals surface area contributed by atoms with Crippen molar-refractivity contribution in [2.24, 2.45) is 0 Å². The Balaban J connectivity index is 1.92. The van der Waals surface area contributed by atoms with Crippen molar-refractivity contribution in [2.45, 2.75) is 0 Å². The maximum atomic E-state index is 9.53. The van der Waals surface area contributed by atoms with E-state index in [2.05, 4.69) is 0 Å². The van der Waals surface area contributed by atoms with Crippen molar-refractivity contribution in [1.29, 1.82) is 0 Å². The van der Waals surface area contributed by atoms with Crippen LogP contribution in [0, 0.1) is 0 Å². The van der Waals surface area contributed by atoms with Crippen molar-refractivity contribution >= 4 is 21.4 Å². The number of rotatable bonds is 5. The normalized spacial score (nSPS) is 10.7. The summed E-state index contributed by atoms with van der Waals surface area (Å²) in [5.41, 5.74) is 0.967. The van der Waals surface area contributed by atoms with Crippen LogP contribution in [0.15, 0.2) is 66.7 Å². The predicted molar refractivity (Wildman–Crippen MR) is 109 cm³/mol. The summed E-state index contributed by atoms with van der Waals surface area (Å²) in [6.45, 7) is 0. The lowest BCUT2D eigenvalue weighted by atomic mass is 10.1. The van der Waals surface area contributed by atoms with Gasteiger partial charge >= 0.3 is 0 Å². The smallest absolute Gasteiger partial charge is 0.154 e. The summed E-state index contributed by atoms with van der Waals surface area (Å²) in [5.74, 6) is 3.19. The molecular weight excluding hydrogens is 360 g/mol. The van der Waals surface area contributed by atoms with Crippen molar-refractivity contribution in [1.82, 2.24) is 0 Å². The molecule has 0 unspecified atom stereocenters. The number of thiophene rings is 1. The molecule has 3 aromatic carbocycles. The van der Waals surface area contributed by atoms with Gasteiger partial charge in [-0.1, -0.05) is 12.1 Å². The average Bonchev–Trinajstić information content (AvgIpc) is 3.06. The summed E-state index contributed by atoms with van der Waals surface area (Å²) in [6, 6.07) is 20.5. The number of methoxy groups -OCH3 is 2. The maximum absolute atomic E-state index is 9.53. The molecule has 0 radical (unpaired) electrons. The SMILES string of the molecule is COc1ccc2c(Oc3ccc(O)cc3)c(-c3ccccc3OC)sc2c1. The molecule has 0 bridgehead atoms. The van der Waals surface area contributed by atoms with E-state index in [1.165, 1.54) is 0 Å². The molecule has 136 valence electrons. The van der Waals surface area contributed by atoms with E-state index in [9.17, 15) is 5.11 Å². The number of phenolic OH excluding ortho intramolecular Hbond substituents is 1. The number of fused-ring (bicyclic) bond motifs is 1. The third-order valence-electron chi connectivity index (χ3n) is 4.26. The second kappa shape index (κ2) is 7.21. The lowest BCUT2D eigenvalue weighted by Crippen LogP contribution is -1.89. The molecule has 0 saturated carbocycles. The van der Waals surface area contributed by atoms with E-state index in [0.29, 0.717) is 5.75 Å². The molecule has 4 aromatic rings. The molecule has 0 aliphatic heterocycles. The second-order valence-corrected chi connectivity index (χ2v) is 6.97. The second-order valence-electron chi connectivity index (χ2n) is 5.92. The molecule has 1 aromatic heterocycles. The lowest BCUT2D eigenvalue weighted by Gasteiger charge is -2.11. The van der Waals surface area contributed by atoms with Gasteiger partial charge in [-0.15, -0.1) is 11.3 Å². The van der Waals surface area contributed by atoms with Crippen LogP contribution in [0.25, 0.3) is 20.5 Å². The summed E-state index contributed by atoms with van der Waals surface area (Å²) >= 11 is 1.62. The fourth-order valence-corrected chi connectivity index (χ4v) is 4.11. The molecule has 0 saturated heterocycles. The van der Waals surface area contributed by atoms with Gasteiger partial charge in [0.1, 0.15) is 23.0 Å². The minimum atomic E-state index is 0.201. The van der Waals surface area contributed by atoms with Crippen LogP contribution >= 0.6 is 11.3 Å². The molecule has 0 atom stereocenters. The van der Waals surface area contributed by atoms with E-state index in [1.807, 2.05) is 42.5 Å². The molecule has 0 amide bonds. The van der Waals surface area contributed by atoms with Gasteiger partial charge < -0.3 is 19.3 Å². The molecule has 5 heteroatoms. The number of ether oxygens (including phenoxy) is 3. The van der Waals surface area contributed by atoms with Gasteiger partial charge in [0.25, 0.3) is 0 Å². The maximum Gasteiger partial charge on any atom is 0.154 e. The van der Waals surface area contributed by atoms with E-state index < -0.39 is 0 Å². The molecule has 1 N–H and O–H groups in total. The van der Waals surface area contributed by atoms with Crippen molar-refractivity contribution in [3.05, 3.63) is 66.7 Å². The van der Waals surface area contributed by atoms with Crippen molar-refractivity contribution in [3.63, 3.8) is 0 Å². The van der Waals surface area contributed by atoms with E-state index in [4.69, 9.17) is 14.2 Å². The van der Waals surface area contributed by atoms with Crippen LogP contribution in [0.1, 0.15) is 0 Å². The molecule has 0 fully saturated rings. The Hall–Kier alpha value is -3.18. The van der Waals surface area contributed by atoms with Crippen LogP contribution in [0.4, 0.5) is 0 Å². The fraction of sp³-hybridized carbons (Fsp3) is 0.0909. The molecule has 0 aliphatic rings. The van der Waals surface area contributed by atoms with Crippen molar-refractivity contribution < 1.29 is 19.3 Å². The van der Waals surface area contributed by atoms with Gasteiger partial charge in [-0.05, 0) is 54.6 Å². The molecule has 27 heavy (non-hydrogen) atoms. The highest BCUT2D eigenvalue weighted by atomic mass is 32.1. The summed E-state index contributed by atoms with van der Waals surface area (Å²) in [6.07, 6.45) is 0. The Bertz CT molecular complexity index is 1080. The summed E-state index contributed by atoms with van der Waals surface area (Å²) < 4.78 is 18.2. The van der Waals surface area contributed by atoms with Gasteiger partial charge in [0.05, 0.1) is 19.1 Å². The van der Waals surface area contributed by atoms with E-state index >= 15 is 0 Å². The molecule has 0 aliphatic carbocycles. The molecule has 4 rings (SSSR count). The van der Waals surface area contributed by atoms with Crippen LogP contribution in [0.5, 0.6) is 28.7 Å². The zero-order valence-corrected chi connectivity index (χ0v) is 15.7. The van der Waals surface area contributed by atoms with Gasteiger partial charge in [0.15, 0.2) is 5.75 Å². The number of para-hydroxylation sites is 1. The van der Waals surface area contributed by atoms with Gasteiger partial charge in [-0.3, -0.25) is 0 Å². The van der Waals surface area contributed by atoms with Gasteiger partial charge in [-0.2, -0.15) is 0 Å². The van der Waals surface area contributed by atoms with Crippen LogP contribution < -0.4 is 14.2 Å². The largest absolute Gasteiger partial charge is 0.508 e. The highest BCUT2D eigenvalue weighted by Gasteiger charge is 2.19. The lowest BCUT2D eigenvalue weighted by molar-refractivity contribution is 0.415. The van der Waals surface area contributed by atoms with Crippen LogP contribution in [-0.2, 0) is 0 Å². The summed E-state index contributed by atoms with van der Waals surface area (Å²) in [5, 5.41) is 10.5. The average molecular weight is 378 g/mol. The highest BCUT2D eigenvalue weighted by molar-refractivity contribution is 7.22. The molecular formula is C22H18O4S. The van der Waals surface area contributed by atoms with E-state index in [1.54, 1.807) is 49.8 Å². The number of hydrogen-bond donors (Lipinski definition) is 1. The summed E-state index contributed by atoms with van der Waals surface area (Å²) in [7, 11) is 3.32. The van der Waals surface area contributed by atoms with Crippen LogP contribution in [0.3, 0.4) is 0 Å². The van der Waals surface area contributed by atoms with Gasteiger partial charge in [0, 0.05) is 15.6 Å². The standard InChI is InChI=1S/C22H18O4S/c1-24-16-11-12-18-20(13-16)27-22(17-5-3-4-6-19(17)25-2)21(18)26-15-9-7-14(23)8-10-15/h3-13,23H,1-2H3. The van der Waals surface area contributed by atoms with Crippen molar-refractivity contribution in [2.75, 3.05) is 14.2 Å².